The average Bonchev–Trinajstić information content (AvgIpc) is 3.15. The molecule has 1 unspecified atom stereocenters. The Hall–Kier alpha value is -3.22. The molecule has 1 aliphatic heterocycles. The SMILES string of the molecule is N#Cc1ccccc1Cn1c(N2CCCC(N)C2)nc2cc(C(N)=O)sc2c1=O. The highest BCUT2D eigenvalue weighted by Crippen LogP contribution is 2.26. The summed E-state index contributed by atoms with van der Waals surface area (Å²) in [7, 11) is 0. The number of nitrogens with two attached hydrogens (primary N) is 2. The number of carbonyl (C=O) groups is 1. The van der Waals surface area contributed by atoms with Gasteiger partial charge in [0.2, 0.25) is 5.95 Å². The molecule has 29 heavy (non-hydrogen) atoms. The maximum Gasteiger partial charge on any atom is 0.273 e. The van der Waals surface area contributed by atoms with Crippen LogP contribution in [0.5, 0.6) is 0 Å². The van der Waals surface area contributed by atoms with Gasteiger partial charge >= 0.3 is 0 Å². The van der Waals surface area contributed by atoms with Gasteiger partial charge in [0.25, 0.3) is 11.5 Å². The summed E-state index contributed by atoms with van der Waals surface area (Å²) >= 11 is 1.04. The summed E-state index contributed by atoms with van der Waals surface area (Å²) < 4.78 is 1.94. The van der Waals surface area contributed by atoms with Crippen LogP contribution in [0.25, 0.3) is 10.2 Å². The van der Waals surface area contributed by atoms with Gasteiger partial charge in [-0.25, -0.2) is 4.98 Å². The highest BCUT2D eigenvalue weighted by molar-refractivity contribution is 7.20. The quantitative estimate of drug-likeness (QED) is 0.671. The second-order valence-electron chi connectivity index (χ2n) is 7.11. The van der Waals surface area contributed by atoms with E-state index in [0.717, 1.165) is 36.3 Å². The van der Waals surface area contributed by atoms with Crippen molar-refractivity contribution in [2.24, 2.45) is 11.5 Å². The van der Waals surface area contributed by atoms with E-state index in [2.05, 4.69) is 6.07 Å². The first-order valence-electron chi connectivity index (χ1n) is 9.30. The highest BCUT2D eigenvalue weighted by atomic mass is 32.1. The molecular formula is C20H20N6O2S. The van der Waals surface area contributed by atoms with Gasteiger partial charge in [0.05, 0.1) is 28.6 Å². The number of anilines is 1. The Labute approximate surface area is 171 Å². The van der Waals surface area contributed by atoms with Gasteiger partial charge in [-0.1, -0.05) is 18.2 Å². The van der Waals surface area contributed by atoms with E-state index in [4.69, 9.17) is 16.5 Å². The molecular weight excluding hydrogens is 388 g/mol. The molecule has 0 saturated carbocycles. The molecule has 3 aromatic rings. The monoisotopic (exact) mass is 408 g/mol. The van der Waals surface area contributed by atoms with Gasteiger partial charge in [-0.15, -0.1) is 11.3 Å². The molecule has 1 atom stereocenters. The molecule has 9 heteroatoms. The van der Waals surface area contributed by atoms with Crippen LogP contribution in [0, 0.1) is 11.3 Å². The second-order valence-corrected chi connectivity index (χ2v) is 8.16. The van der Waals surface area contributed by atoms with Crippen LogP contribution in [0.1, 0.15) is 33.6 Å². The number of nitrogens with zero attached hydrogens (tertiary/aromatic N) is 4. The van der Waals surface area contributed by atoms with Crippen molar-refractivity contribution < 1.29 is 4.79 Å². The molecule has 1 aromatic carbocycles. The number of thiophene rings is 1. The summed E-state index contributed by atoms with van der Waals surface area (Å²) in [5.74, 6) is -0.0884. The summed E-state index contributed by atoms with van der Waals surface area (Å²) in [6.07, 6.45) is 1.82. The zero-order valence-corrected chi connectivity index (χ0v) is 16.5. The van der Waals surface area contributed by atoms with Crippen LogP contribution in [0.4, 0.5) is 5.95 Å². The highest BCUT2D eigenvalue weighted by Gasteiger charge is 2.24. The number of benzene rings is 1. The Morgan fingerprint density at radius 2 is 2.17 bits per heavy atom. The Balaban J connectivity index is 1.90. The van der Waals surface area contributed by atoms with Crippen LogP contribution in [-0.2, 0) is 6.54 Å². The maximum atomic E-state index is 13.4. The topological polar surface area (TPSA) is 131 Å². The normalized spacial score (nSPS) is 16.7. The molecule has 148 valence electrons. The fraction of sp³-hybridized carbons (Fsp3) is 0.300. The number of fused-ring (bicyclic) bond motifs is 1. The third-order valence-electron chi connectivity index (χ3n) is 5.06. The third-order valence-corrected chi connectivity index (χ3v) is 6.19. The van der Waals surface area contributed by atoms with Crippen LogP contribution in [0.2, 0.25) is 0 Å². The van der Waals surface area contributed by atoms with E-state index >= 15 is 0 Å². The first kappa shape index (κ1) is 19.1. The number of hydrogen-bond donors (Lipinski definition) is 2. The molecule has 4 N–H and O–H groups in total. The first-order valence-corrected chi connectivity index (χ1v) is 10.1. The molecule has 0 spiro atoms. The van der Waals surface area contributed by atoms with Crippen molar-refractivity contribution in [2.45, 2.75) is 25.4 Å². The summed E-state index contributed by atoms with van der Waals surface area (Å²) in [5.41, 5.74) is 13.0. The van der Waals surface area contributed by atoms with Crippen LogP contribution in [0.15, 0.2) is 35.1 Å². The lowest BCUT2D eigenvalue weighted by atomic mass is 10.1. The number of aromatic nitrogens is 2. The lowest BCUT2D eigenvalue weighted by Gasteiger charge is -2.33. The van der Waals surface area contributed by atoms with E-state index in [-0.39, 0.29) is 18.1 Å². The molecule has 4 rings (SSSR count). The van der Waals surface area contributed by atoms with E-state index < -0.39 is 5.91 Å². The minimum Gasteiger partial charge on any atom is -0.365 e. The predicted octanol–water partition coefficient (Wildman–Crippen LogP) is 1.40. The van der Waals surface area contributed by atoms with Crippen molar-refractivity contribution in [3.63, 3.8) is 0 Å². The predicted molar refractivity (Wildman–Crippen MR) is 112 cm³/mol. The van der Waals surface area contributed by atoms with Gasteiger partial charge in [0.15, 0.2) is 0 Å². The Bertz CT molecular complexity index is 1190. The van der Waals surface area contributed by atoms with Crippen molar-refractivity contribution >= 4 is 33.4 Å². The van der Waals surface area contributed by atoms with Gasteiger partial charge in [-0.2, -0.15) is 5.26 Å². The van der Waals surface area contributed by atoms with Crippen LogP contribution in [0.3, 0.4) is 0 Å². The average molecular weight is 408 g/mol. The van der Waals surface area contributed by atoms with Crippen molar-refractivity contribution in [3.05, 3.63) is 56.7 Å². The molecule has 2 aromatic heterocycles. The van der Waals surface area contributed by atoms with Crippen molar-refractivity contribution in [3.8, 4) is 6.07 Å². The van der Waals surface area contributed by atoms with E-state index in [0.29, 0.717) is 33.2 Å². The number of rotatable bonds is 4. The van der Waals surface area contributed by atoms with Crippen LogP contribution in [-0.4, -0.2) is 34.6 Å². The number of amides is 1. The van der Waals surface area contributed by atoms with Gasteiger partial charge in [0, 0.05) is 19.1 Å². The Morgan fingerprint density at radius 3 is 2.90 bits per heavy atom. The maximum absolute atomic E-state index is 13.4. The van der Waals surface area contributed by atoms with E-state index in [1.54, 1.807) is 22.8 Å². The van der Waals surface area contributed by atoms with Gasteiger partial charge in [0.1, 0.15) is 4.70 Å². The minimum absolute atomic E-state index is 0.000140. The third kappa shape index (κ3) is 3.60. The molecule has 1 saturated heterocycles. The summed E-state index contributed by atoms with van der Waals surface area (Å²) in [6, 6.07) is 10.9. The van der Waals surface area contributed by atoms with Crippen molar-refractivity contribution in [2.75, 3.05) is 18.0 Å². The van der Waals surface area contributed by atoms with Gasteiger partial charge in [-0.05, 0) is 30.5 Å². The fourth-order valence-electron chi connectivity index (χ4n) is 3.63. The largest absolute Gasteiger partial charge is 0.365 e. The molecule has 1 amide bonds. The summed E-state index contributed by atoms with van der Waals surface area (Å²) in [5, 5.41) is 9.43. The molecule has 1 aliphatic rings. The van der Waals surface area contributed by atoms with E-state index in [1.807, 2.05) is 17.0 Å². The minimum atomic E-state index is -0.588. The lowest BCUT2D eigenvalue weighted by molar-refractivity contribution is 0.100. The smallest absolute Gasteiger partial charge is 0.273 e. The number of carbonyl (C=O) groups excluding carboxylic acids is 1. The zero-order valence-electron chi connectivity index (χ0n) is 15.7. The second kappa shape index (κ2) is 7.66. The summed E-state index contributed by atoms with van der Waals surface area (Å²) in [6.45, 7) is 1.53. The molecule has 3 heterocycles. The lowest BCUT2D eigenvalue weighted by Crippen LogP contribution is -2.45. The number of primary amides is 1. The first-order chi connectivity index (χ1) is 14.0. The molecule has 0 aliphatic carbocycles. The molecule has 0 radical (unpaired) electrons. The van der Waals surface area contributed by atoms with Crippen molar-refractivity contribution in [1.29, 1.82) is 5.26 Å². The molecule has 8 nitrogen and oxygen atoms in total. The van der Waals surface area contributed by atoms with E-state index in [9.17, 15) is 14.9 Å². The Kier molecular flexibility index (Phi) is 5.05. The Morgan fingerprint density at radius 1 is 1.38 bits per heavy atom. The van der Waals surface area contributed by atoms with Crippen molar-refractivity contribution in [1.82, 2.24) is 9.55 Å². The molecule has 0 bridgehead atoms. The van der Waals surface area contributed by atoms with Gasteiger partial charge < -0.3 is 16.4 Å². The zero-order chi connectivity index (χ0) is 20.5. The molecule has 1 fully saturated rings. The fourth-order valence-corrected chi connectivity index (χ4v) is 4.53. The van der Waals surface area contributed by atoms with Crippen LogP contribution >= 0.6 is 11.3 Å². The van der Waals surface area contributed by atoms with Gasteiger partial charge in [-0.3, -0.25) is 14.2 Å². The van der Waals surface area contributed by atoms with E-state index in [1.165, 1.54) is 0 Å². The standard InChI is InChI=1S/C20H20N6O2S/c21-9-12-4-1-2-5-13(12)10-26-19(28)17-15(8-16(29-17)18(23)27)24-20(26)25-7-3-6-14(22)11-25/h1-2,4-5,8,14H,3,6-7,10-11,22H2,(H2,23,27). The number of nitriles is 1. The summed E-state index contributed by atoms with van der Waals surface area (Å²) in [4.78, 5) is 32.0. The number of piperidine rings is 1. The number of hydrogen-bond acceptors (Lipinski definition) is 7. The van der Waals surface area contributed by atoms with Crippen LogP contribution < -0.4 is 21.9 Å².